The molecule has 6 aliphatic rings. The standard InChI is InChI=1S/C26H44/c1-9-23(6)17(5)26-14-24(23,7)25(26,8)22(15(2)3)12-18-10-19-13-20(16(26)4)21(19)11-18/h15-22H,9-14H2,1-8H3. The summed E-state index contributed by atoms with van der Waals surface area (Å²) in [7, 11) is 0. The number of rotatable bonds is 2. The Balaban J connectivity index is 1.71. The fourth-order valence-electron chi connectivity index (χ4n) is 11.4. The Labute approximate surface area is 163 Å². The van der Waals surface area contributed by atoms with Gasteiger partial charge in [-0.3, -0.25) is 0 Å². The minimum absolute atomic E-state index is 0.532. The van der Waals surface area contributed by atoms with Gasteiger partial charge in [-0.2, -0.15) is 0 Å². The highest BCUT2D eigenvalue weighted by Crippen LogP contribution is 2.92. The molecule has 26 heavy (non-hydrogen) atoms. The van der Waals surface area contributed by atoms with E-state index in [1.165, 1.54) is 12.8 Å². The summed E-state index contributed by atoms with van der Waals surface area (Å²) in [5.74, 6) is 7.93. The molecule has 6 aliphatic carbocycles. The van der Waals surface area contributed by atoms with Crippen LogP contribution in [-0.2, 0) is 0 Å². The second-order valence-electron chi connectivity index (χ2n) is 12.8. The number of hydrogen-bond donors (Lipinski definition) is 0. The Kier molecular flexibility index (Phi) is 3.43. The Morgan fingerprint density at radius 1 is 0.923 bits per heavy atom. The lowest BCUT2D eigenvalue weighted by Crippen LogP contribution is -2.67. The van der Waals surface area contributed by atoms with Crippen LogP contribution in [0.2, 0.25) is 0 Å². The summed E-state index contributed by atoms with van der Waals surface area (Å²) in [6.45, 7) is 21.3. The van der Waals surface area contributed by atoms with Crippen molar-refractivity contribution in [3.63, 3.8) is 0 Å². The van der Waals surface area contributed by atoms with Gasteiger partial charge in [0, 0.05) is 0 Å². The van der Waals surface area contributed by atoms with Gasteiger partial charge in [0.15, 0.2) is 0 Å². The van der Waals surface area contributed by atoms with Crippen LogP contribution in [0.25, 0.3) is 0 Å². The van der Waals surface area contributed by atoms with Gasteiger partial charge in [0.2, 0.25) is 0 Å². The molecular formula is C26H44. The van der Waals surface area contributed by atoms with Crippen molar-refractivity contribution in [1.29, 1.82) is 0 Å². The van der Waals surface area contributed by atoms with Gasteiger partial charge in [-0.05, 0) is 108 Å². The van der Waals surface area contributed by atoms with E-state index in [1.54, 1.807) is 25.7 Å². The molecule has 0 heteroatoms. The van der Waals surface area contributed by atoms with E-state index in [0.29, 0.717) is 21.7 Å². The molecule has 11 unspecified atom stereocenters. The maximum atomic E-state index is 2.81. The van der Waals surface area contributed by atoms with Crippen molar-refractivity contribution >= 4 is 0 Å². The van der Waals surface area contributed by atoms with Gasteiger partial charge >= 0.3 is 0 Å². The predicted octanol–water partition coefficient (Wildman–Crippen LogP) is 7.43. The molecular weight excluding hydrogens is 312 g/mol. The zero-order valence-corrected chi connectivity index (χ0v) is 18.9. The van der Waals surface area contributed by atoms with Crippen LogP contribution in [0.15, 0.2) is 0 Å². The summed E-state index contributed by atoms with van der Waals surface area (Å²) >= 11 is 0. The first-order valence-corrected chi connectivity index (χ1v) is 12.1. The summed E-state index contributed by atoms with van der Waals surface area (Å²) in [4.78, 5) is 0. The molecule has 0 radical (unpaired) electrons. The van der Waals surface area contributed by atoms with Crippen molar-refractivity contribution < 1.29 is 0 Å². The van der Waals surface area contributed by atoms with Crippen molar-refractivity contribution in [3.05, 3.63) is 0 Å². The van der Waals surface area contributed by atoms with Gasteiger partial charge in [-0.1, -0.05) is 55.4 Å². The van der Waals surface area contributed by atoms with Gasteiger partial charge < -0.3 is 0 Å². The van der Waals surface area contributed by atoms with Gasteiger partial charge in [-0.25, -0.2) is 0 Å². The molecule has 0 nitrogen and oxygen atoms in total. The molecule has 0 aromatic rings. The fourth-order valence-corrected chi connectivity index (χ4v) is 11.4. The molecule has 6 fully saturated rings. The molecule has 4 bridgehead atoms. The smallest absolute Gasteiger partial charge is 0.0170 e. The normalized spacial score (nSPS) is 65.7. The van der Waals surface area contributed by atoms with E-state index in [9.17, 15) is 0 Å². The molecule has 0 N–H and O–H groups in total. The summed E-state index contributed by atoms with van der Waals surface area (Å²) < 4.78 is 0. The first-order valence-electron chi connectivity index (χ1n) is 12.1. The average Bonchev–Trinajstić information content (AvgIpc) is 3.03. The summed E-state index contributed by atoms with van der Waals surface area (Å²) in [6, 6.07) is 0. The van der Waals surface area contributed by atoms with Crippen LogP contribution in [-0.4, -0.2) is 0 Å². The lowest BCUT2D eigenvalue weighted by Gasteiger charge is -2.72. The first kappa shape index (κ1) is 18.1. The van der Waals surface area contributed by atoms with Crippen LogP contribution < -0.4 is 0 Å². The van der Waals surface area contributed by atoms with E-state index in [4.69, 9.17) is 0 Å². The molecule has 6 rings (SSSR count). The summed E-state index contributed by atoms with van der Waals surface area (Å²) in [6.07, 6.45) is 9.20. The second kappa shape index (κ2) is 4.94. The highest BCUT2D eigenvalue weighted by molar-refractivity contribution is 5.34. The fraction of sp³-hybridized carbons (Fsp3) is 1.00. The SMILES string of the molecule is CCC1(C)C(C)C23CC1(C)C2(C)C(C(C)C)CC1CC2CC(C2C1)C3C. The van der Waals surface area contributed by atoms with E-state index < -0.39 is 0 Å². The Hall–Kier alpha value is 0. The van der Waals surface area contributed by atoms with Crippen LogP contribution >= 0.6 is 0 Å². The van der Waals surface area contributed by atoms with E-state index in [-0.39, 0.29) is 0 Å². The van der Waals surface area contributed by atoms with Crippen LogP contribution in [0.3, 0.4) is 0 Å². The molecule has 6 saturated carbocycles. The Morgan fingerprint density at radius 3 is 2.23 bits per heavy atom. The number of fused-ring (bicyclic) bond motifs is 2. The molecule has 148 valence electrons. The van der Waals surface area contributed by atoms with Crippen molar-refractivity contribution in [3.8, 4) is 0 Å². The topological polar surface area (TPSA) is 0 Å². The second-order valence-corrected chi connectivity index (χ2v) is 12.8. The lowest BCUT2D eigenvalue weighted by molar-refractivity contribution is -0.250. The maximum absolute atomic E-state index is 2.81. The molecule has 1 spiro atoms. The van der Waals surface area contributed by atoms with E-state index in [0.717, 1.165) is 47.3 Å². The largest absolute Gasteiger partial charge is 0.0648 e. The van der Waals surface area contributed by atoms with Crippen LogP contribution in [0.4, 0.5) is 0 Å². The summed E-state index contributed by atoms with van der Waals surface area (Å²) in [5, 5.41) is 0. The first-order chi connectivity index (χ1) is 12.1. The number of hydrogen-bond acceptors (Lipinski definition) is 0. The van der Waals surface area contributed by atoms with Crippen molar-refractivity contribution in [2.75, 3.05) is 0 Å². The molecule has 0 aliphatic heterocycles. The molecule has 0 amide bonds. The zero-order chi connectivity index (χ0) is 18.9. The van der Waals surface area contributed by atoms with E-state index >= 15 is 0 Å². The highest BCUT2D eigenvalue weighted by atomic mass is 14.9. The third kappa shape index (κ3) is 1.50. The summed E-state index contributed by atoms with van der Waals surface area (Å²) in [5.41, 5.74) is 2.24. The Morgan fingerprint density at radius 2 is 1.62 bits per heavy atom. The molecule has 0 heterocycles. The van der Waals surface area contributed by atoms with E-state index in [2.05, 4.69) is 55.4 Å². The quantitative estimate of drug-likeness (QED) is 0.482. The average molecular weight is 357 g/mol. The van der Waals surface area contributed by atoms with Gasteiger partial charge in [-0.15, -0.1) is 0 Å². The van der Waals surface area contributed by atoms with Gasteiger partial charge in [0.25, 0.3) is 0 Å². The van der Waals surface area contributed by atoms with Gasteiger partial charge in [0.05, 0.1) is 0 Å². The molecule has 0 aromatic carbocycles. The maximum Gasteiger partial charge on any atom is -0.0170 e. The van der Waals surface area contributed by atoms with Crippen molar-refractivity contribution in [1.82, 2.24) is 0 Å². The molecule has 0 saturated heterocycles. The monoisotopic (exact) mass is 356 g/mol. The van der Waals surface area contributed by atoms with Crippen LogP contribution in [0, 0.1) is 69.0 Å². The molecule has 0 aromatic heterocycles. The van der Waals surface area contributed by atoms with Crippen LogP contribution in [0.5, 0.6) is 0 Å². The zero-order valence-electron chi connectivity index (χ0n) is 18.9. The molecule has 11 atom stereocenters. The van der Waals surface area contributed by atoms with Crippen LogP contribution in [0.1, 0.15) is 93.9 Å². The minimum Gasteiger partial charge on any atom is -0.0648 e. The highest BCUT2D eigenvalue weighted by Gasteiger charge is 2.86. The third-order valence-electron chi connectivity index (χ3n) is 13.0. The lowest BCUT2D eigenvalue weighted by atomic mass is 9.31. The van der Waals surface area contributed by atoms with Crippen molar-refractivity contribution in [2.45, 2.75) is 93.9 Å². The van der Waals surface area contributed by atoms with Crippen molar-refractivity contribution in [2.24, 2.45) is 69.0 Å². The van der Waals surface area contributed by atoms with E-state index in [1.807, 2.05) is 0 Å². The minimum atomic E-state index is 0.532. The predicted molar refractivity (Wildman–Crippen MR) is 111 cm³/mol. The third-order valence-corrected chi connectivity index (χ3v) is 13.0. The Bertz CT molecular complexity index is 620. The van der Waals surface area contributed by atoms with Gasteiger partial charge in [0.1, 0.15) is 0 Å².